The van der Waals surface area contributed by atoms with Crippen LogP contribution in [0.15, 0.2) is 0 Å². The first kappa shape index (κ1) is 4.30. The lowest BCUT2D eigenvalue weighted by Crippen LogP contribution is -2.05. The van der Waals surface area contributed by atoms with Crippen LogP contribution in [-0.4, -0.2) is 23.6 Å². The second-order valence-corrected chi connectivity index (χ2v) is 0.965. The zero-order chi connectivity index (χ0) is 8.69. The molecule has 0 radical (unpaired) electrons. The smallest absolute Gasteiger partial charge is 0.414 e. The van der Waals surface area contributed by atoms with E-state index >= 15 is 0 Å². The molecule has 0 aromatic rings. The second kappa shape index (κ2) is 4.57. The normalized spacial score (nSPS) is 8.89. The molecular weight excluding hydrogens is 120 g/mol. The fourth-order valence-corrected chi connectivity index (χ4v) is 0.175. The van der Waals surface area contributed by atoms with Gasteiger partial charge in [0.15, 0.2) is 7.98 Å². The molecule has 46 valence electrons. The molecule has 0 bridgehead atoms. The van der Waals surface area contributed by atoms with E-state index < -0.39 is 12.2 Å². The summed E-state index contributed by atoms with van der Waals surface area (Å²) in [5.74, 6) is 1.04. The van der Waals surface area contributed by atoms with Gasteiger partial charge < -0.3 is 10.3 Å². The fraction of sp³-hybridized carbons (Fsp3) is 0.200. The van der Waals surface area contributed by atoms with Crippen LogP contribution in [-0.2, 0) is 9.53 Å². The van der Waals surface area contributed by atoms with Crippen LogP contribution in [0.2, 0.25) is 0 Å². The fourth-order valence-electron chi connectivity index (χ4n) is 0.175. The van der Waals surface area contributed by atoms with Gasteiger partial charge in [-0.3, -0.25) is 0 Å². The zero-order valence-corrected chi connectivity index (χ0v) is 4.42. The van der Waals surface area contributed by atoms with Gasteiger partial charge in [-0.1, -0.05) is 5.92 Å². The highest BCUT2D eigenvalue weighted by Gasteiger charge is 1.98. The van der Waals surface area contributed by atoms with Crippen molar-refractivity contribution in [2.24, 2.45) is 0 Å². The molecule has 0 rings (SSSR count). The highest BCUT2D eigenvalue weighted by Crippen LogP contribution is 1.68. The number of terminal acetylenes is 1. The van der Waals surface area contributed by atoms with E-state index in [1.807, 2.05) is 0 Å². The van der Waals surface area contributed by atoms with E-state index in [0.29, 0.717) is 0 Å². The Morgan fingerprint density at radius 1 is 2.33 bits per heavy atom. The van der Waals surface area contributed by atoms with Crippen molar-refractivity contribution in [1.82, 2.24) is 0 Å². The molecule has 0 heterocycles. The number of rotatable bonds is 2. The summed E-state index contributed by atoms with van der Waals surface area (Å²) in [6, 6.07) is 0. The minimum atomic E-state index is -1.07. The van der Waals surface area contributed by atoms with E-state index in [9.17, 15) is 4.79 Å². The lowest BCUT2D eigenvalue weighted by atomic mass is 10.7. The van der Waals surface area contributed by atoms with E-state index in [2.05, 4.69) is 15.4 Å². The van der Waals surface area contributed by atoms with Crippen LogP contribution in [0.5, 0.6) is 0 Å². The number of hydrogen-bond acceptors (Lipinski definition) is 2. The summed E-state index contributed by atoms with van der Waals surface area (Å²) in [6.45, 7) is -0.278. The molecule has 0 fully saturated rings. The standard InChI is InChI=1S/C5H4N2O2/c1-2-3-9-5(8)4-7-6/h1,4H,3H2/i1D,4D. The summed E-state index contributed by atoms with van der Waals surface area (Å²) in [6.07, 6.45) is 0.847. The van der Waals surface area contributed by atoms with Crippen molar-refractivity contribution in [1.29, 1.82) is 0 Å². The third kappa shape index (κ3) is 4.26. The van der Waals surface area contributed by atoms with Gasteiger partial charge in [0.1, 0.15) is 1.37 Å². The Bertz CT molecular complexity index is 259. The Morgan fingerprint density at radius 3 is 3.67 bits per heavy atom. The lowest BCUT2D eigenvalue weighted by molar-refractivity contribution is -0.137. The first-order chi connectivity index (χ1) is 5.22. The van der Waals surface area contributed by atoms with Crippen molar-refractivity contribution < 1.29 is 17.1 Å². The molecule has 0 spiro atoms. The quantitative estimate of drug-likeness (QED) is 0.164. The molecule has 0 aromatic heterocycles. The first-order valence-corrected chi connectivity index (χ1v) is 1.97. The number of carbonyl (C=O) groups excluding carboxylic acids is 1. The topological polar surface area (TPSA) is 62.7 Å². The van der Waals surface area contributed by atoms with E-state index in [1.54, 1.807) is 6.40 Å². The Kier molecular flexibility index (Phi) is 2.18. The Labute approximate surface area is 54.9 Å². The molecule has 0 saturated heterocycles. The molecule has 0 amide bonds. The summed E-state index contributed by atoms with van der Waals surface area (Å²) in [5, 5.41) is 0. The van der Waals surface area contributed by atoms with Crippen molar-refractivity contribution >= 4 is 12.2 Å². The van der Waals surface area contributed by atoms with E-state index in [0.717, 1.165) is 0 Å². The van der Waals surface area contributed by atoms with Gasteiger partial charge in [-0.25, -0.2) is 4.79 Å². The van der Waals surface area contributed by atoms with Crippen LogP contribution in [0.4, 0.5) is 0 Å². The molecular formula is C5H4N2O2. The molecule has 0 aliphatic carbocycles. The molecule has 4 heteroatoms. The highest BCUT2D eigenvalue weighted by molar-refractivity contribution is 6.20. The Morgan fingerprint density at radius 2 is 3.11 bits per heavy atom. The van der Waals surface area contributed by atoms with Crippen LogP contribution in [0.1, 0.15) is 2.74 Å². The minimum absolute atomic E-state index is 0.278. The van der Waals surface area contributed by atoms with E-state index in [4.69, 9.17) is 8.27 Å². The SMILES string of the molecule is [2H]C#CCOC(=O)C([2H])=[N+]=[N-]. The minimum Gasteiger partial charge on any atom is -0.444 e. The lowest BCUT2D eigenvalue weighted by Gasteiger charge is -1.86. The van der Waals surface area contributed by atoms with Gasteiger partial charge >= 0.3 is 12.2 Å². The number of hydrogen-bond donors (Lipinski definition) is 0. The first-order valence-electron chi connectivity index (χ1n) is 2.97. The Balaban J connectivity index is 3.86. The van der Waals surface area contributed by atoms with Gasteiger partial charge in [0.25, 0.3) is 0 Å². The molecule has 0 unspecified atom stereocenters. The number of esters is 1. The molecule has 9 heavy (non-hydrogen) atoms. The number of carbonyl (C=O) groups is 1. The van der Waals surface area contributed by atoms with Crippen LogP contribution in [0.25, 0.3) is 5.53 Å². The van der Waals surface area contributed by atoms with Crippen LogP contribution in [0.3, 0.4) is 0 Å². The molecule has 0 atom stereocenters. The largest absolute Gasteiger partial charge is 0.444 e. The molecule has 0 aliphatic heterocycles. The highest BCUT2D eigenvalue weighted by atomic mass is 16.5. The van der Waals surface area contributed by atoms with E-state index in [-0.39, 0.29) is 6.61 Å². The summed E-state index contributed by atoms with van der Waals surface area (Å²) in [5.41, 5.74) is 7.89. The number of ether oxygens (including phenoxy) is 1. The maximum absolute atomic E-state index is 10.4. The van der Waals surface area contributed by atoms with Gasteiger partial charge in [-0.2, -0.15) is 4.79 Å². The van der Waals surface area contributed by atoms with Gasteiger partial charge in [0.05, 0.1) is 0 Å². The second-order valence-electron chi connectivity index (χ2n) is 0.965. The van der Waals surface area contributed by atoms with Crippen LogP contribution >= 0.6 is 0 Å². The number of nitrogens with zero attached hydrogens (tertiary/aromatic N) is 2. The van der Waals surface area contributed by atoms with Gasteiger partial charge in [0, 0.05) is 0 Å². The average molecular weight is 126 g/mol. The predicted octanol–water partition coefficient (Wildman–Crippen LogP) is -0.537. The summed E-state index contributed by atoms with van der Waals surface area (Å²) in [7, 11) is 0. The van der Waals surface area contributed by atoms with Crippen molar-refractivity contribution in [3.05, 3.63) is 5.53 Å². The average Bonchev–Trinajstić information content (AvgIpc) is 2.03. The molecule has 0 saturated carbocycles. The Hall–Kier alpha value is -1.59. The molecule has 4 nitrogen and oxygen atoms in total. The van der Waals surface area contributed by atoms with Crippen LogP contribution in [0, 0.1) is 12.3 Å². The van der Waals surface area contributed by atoms with Crippen molar-refractivity contribution in [2.75, 3.05) is 6.61 Å². The van der Waals surface area contributed by atoms with Gasteiger partial charge in [0.2, 0.25) is 0 Å². The maximum Gasteiger partial charge on any atom is 0.414 e. The molecule has 0 aromatic carbocycles. The van der Waals surface area contributed by atoms with Crippen molar-refractivity contribution in [3.63, 3.8) is 0 Å². The van der Waals surface area contributed by atoms with Crippen molar-refractivity contribution in [3.8, 4) is 12.3 Å². The van der Waals surface area contributed by atoms with Crippen LogP contribution < -0.4 is 0 Å². The predicted molar refractivity (Wildman–Crippen MR) is 29.5 cm³/mol. The molecule has 0 N–H and O–H groups in total. The monoisotopic (exact) mass is 126 g/mol. The summed E-state index contributed by atoms with van der Waals surface area (Å²) < 4.78 is 17.1. The maximum atomic E-state index is 10.4. The van der Waals surface area contributed by atoms with Gasteiger partial charge in [-0.15, -0.1) is 6.40 Å². The third-order valence-corrected chi connectivity index (χ3v) is 0.417. The van der Waals surface area contributed by atoms with Crippen molar-refractivity contribution in [2.45, 2.75) is 0 Å². The summed E-state index contributed by atoms with van der Waals surface area (Å²) in [4.78, 5) is 12.7. The van der Waals surface area contributed by atoms with E-state index in [1.165, 1.54) is 0 Å². The third-order valence-electron chi connectivity index (χ3n) is 0.417. The summed E-state index contributed by atoms with van der Waals surface area (Å²) >= 11 is 0. The zero-order valence-electron chi connectivity index (χ0n) is 6.42. The van der Waals surface area contributed by atoms with Gasteiger partial charge in [-0.05, 0) is 0 Å². The molecule has 0 aliphatic rings.